The third-order valence-corrected chi connectivity index (χ3v) is 6.81. The van der Waals surface area contributed by atoms with E-state index in [0.717, 1.165) is 28.3 Å². The molecule has 5 rings (SSSR count). The van der Waals surface area contributed by atoms with Crippen molar-refractivity contribution in [2.24, 2.45) is 17.8 Å². The molecule has 4 heteroatoms. The number of aliphatic hydroxyl groups excluding tert-OH is 1. The van der Waals surface area contributed by atoms with E-state index in [4.69, 9.17) is 16.3 Å². The molecule has 0 saturated heterocycles. The monoisotopic (exact) mass is 363 g/mol. The van der Waals surface area contributed by atoms with Gasteiger partial charge in [-0.05, 0) is 80.9 Å². The number of aliphatic hydroxyl groups is 1. The summed E-state index contributed by atoms with van der Waals surface area (Å²) < 4.78 is 6.35. The van der Waals surface area contributed by atoms with Crippen molar-refractivity contribution in [3.8, 4) is 0 Å². The van der Waals surface area contributed by atoms with Crippen molar-refractivity contribution >= 4 is 11.6 Å². The first-order valence-corrected chi connectivity index (χ1v) is 10.2. The van der Waals surface area contributed by atoms with E-state index in [1.807, 2.05) is 18.2 Å². The number of hydrogen-bond acceptors (Lipinski definition) is 3. The molecule has 2 N–H and O–H groups in total. The van der Waals surface area contributed by atoms with Crippen molar-refractivity contribution in [2.45, 2.75) is 63.2 Å². The molecule has 0 aliphatic heterocycles. The van der Waals surface area contributed by atoms with Crippen molar-refractivity contribution in [1.82, 2.24) is 5.32 Å². The molecule has 25 heavy (non-hydrogen) atoms. The topological polar surface area (TPSA) is 41.5 Å². The van der Waals surface area contributed by atoms with E-state index < -0.39 is 6.10 Å². The van der Waals surface area contributed by atoms with Gasteiger partial charge in [0.2, 0.25) is 0 Å². The van der Waals surface area contributed by atoms with Gasteiger partial charge in [-0.15, -0.1) is 0 Å². The summed E-state index contributed by atoms with van der Waals surface area (Å²) >= 11 is 6.05. The van der Waals surface area contributed by atoms with Gasteiger partial charge in [0.05, 0.1) is 18.3 Å². The minimum Gasteiger partial charge on any atom is -0.389 e. The summed E-state index contributed by atoms with van der Waals surface area (Å²) in [5.41, 5.74) is 1.22. The molecule has 2 unspecified atom stereocenters. The van der Waals surface area contributed by atoms with Gasteiger partial charge in [-0.25, -0.2) is 0 Å². The Bertz CT molecular complexity index is 570. The first-order valence-electron chi connectivity index (χ1n) is 9.82. The summed E-state index contributed by atoms with van der Waals surface area (Å²) in [5.74, 6) is 2.64. The fourth-order valence-electron chi connectivity index (χ4n) is 5.75. The van der Waals surface area contributed by atoms with E-state index in [1.165, 1.54) is 38.5 Å². The summed E-state index contributed by atoms with van der Waals surface area (Å²) in [7, 11) is 0. The lowest BCUT2D eigenvalue weighted by molar-refractivity contribution is -0.174. The molecule has 4 aliphatic carbocycles. The Morgan fingerprint density at radius 3 is 2.44 bits per heavy atom. The number of benzene rings is 1. The number of hydrogen-bond donors (Lipinski definition) is 2. The standard InChI is InChI=1S/C21H30ClNO2/c1-14(18-3-2-4-19(22)8-18)23-12-20(24)13-25-21-9-15-5-16(10-21)7-17(6-15)11-21/h2-4,8,14-17,20,23-24H,5-7,9-13H2,1H3. The Morgan fingerprint density at radius 2 is 1.84 bits per heavy atom. The van der Waals surface area contributed by atoms with Crippen LogP contribution < -0.4 is 5.32 Å². The van der Waals surface area contributed by atoms with Gasteiger partial charge in [-0.1, -0.05) is 23.7 Å². The summed E-state index contributed by atoms with van der Waals surface area (Å²) in [6, 6.07) is 8.03. The molecule has 4 aliphatic rings. The molecule has 4 bridgehead atoms. The van der Waals surface area contributed by atoms with Crippen LogP contribution in [0.15, 0.2) is 24.3 Å². The molecule has 0 heterocycles. The zero-order valence-electron chi connectivity index (χ0n) is 15.1. The minimum atomic E-state index is -0.463. The van der Waals surface area contributed by atoms with E-state index in [2.05, 4.69) is 18.3 Å². The highest BCUT2D eigenvalue weighted by atomic mass is 35.5. The molecule has 0 spiro atoms. The Kier molecular flexibility index (Phi) is 5.11. The van der Waals surface area contributed by atoms with Gasteiger partial charge < -0.3 is 15.2 Å². The van der Waals surface area contributed by atoms with Crippen LogP contribution in [0.3, 0.4) is 0 Å². The summed E-state index contributed by atoms with van der Waals surface area (Å²) in [6.07, 6.45) is 7.46. The Hall–Kier alpha value is -0.610. The van der Waals surface area contributed by atoms with Crippen LogP contribution in [0.1, 0.15) is 57.1 Å². The number of ether oxygens (including phenoxy) is 1. The zero-order valence-corrected chi connectivity index (χ0v) is 15.8. The molecule has 0 radical (unpaired) electrons. The van der Waals surface area contributed by atoms with E-state index in [1.54, 1.807) is 0 Å². The van der Waals surface area contributed by atoms with Crippen LogP contribution in [-0.4, -0.2) is 30.0 Å². The van der Waals surface area contributed by atoms with Gasteiger partial charge in [0, 0.05) is 17.6 Å². The smallest absolute Gasteiger partial charge is 0.0898 e. The van der Waals surface area contributed by atoms with Crippen molar-refractivity contribution < 1.29 is 9.84 Å². The average molecular weight is 364 g/mol. The third kappa shape index (κ3) is 4.05. The van der Waals surface area contributed by atoms with Gasteiger partial charge in [-0.3, -0.25) is 0 Å². The fraction of sp³-hybridized carbons (Fsp3) is 0.714. The Labute approximate surface area is 156 Å². The predicted octanol–water partition coefficient (Wildman–Crippen LogP) is 4.34. The van der Waals surface area contributed by atoms with Gasteiger partial charge in [0.25, 0.3) is 0 Å². The maximum absolute atomic E-state index is 10.4. The van der Waals surface area contributed by atoms with E-state index in [-0.39, 0.29) is 11.6 Å². The van der Waals surface area contributed by atoms with Crippen molar-refractivity contribution in [3.63, 3.8) is 0 Å². The zero-order chi connectivity index (χ0) is 17.4. The highest BCUT2D eigenvalue weighted by molar-refractivity contribution is 6.30. The highest BCUT2D eigenvalue weighted by Gasteiger charge is 2.51. The van der Waals surface area contributed by atoms with Gasteiger partial charge in [-0.2, -0.15) is 0 Å². The van der Waals surface area contributed by atoms with Crippen LogP contribution >= 0.6 is 11.6 Å². The normalized spacial score (nSPS) is 35.7. The maximum atomic E-state index is 10.4. The van der Waals surface area contributed by atoms with Crippen LogP contribution in [0.4, 0.5) is 0 Å². The van der Waals surface area contributed by atoms with Crippen LogP contribution in [0, 0.1) is 17.8 Å². The molecule has 3 nitrogen and oxygen atoms in total. The summed E-state index contributed by atoms with van der Waals surface area (Å²) in [6.45, 7) is 3.08. The number of halogens is 1. The first kappa shape index (κ1) is 17.8. The second-order valence-corrected chi connectivity index (χ2v) is 9.19. The average Bonchev–Trinajstić information content (AvgIpc) is 2.57. The maximum Gasteiger partial charge on any atom is 0.0898 e. The lowest BCUT2D eigenvalue weighted by atomic mass is 9.54. The Balaban J connectivity index is 1.25. The summed E-state index contributed by atoms with van der Waals surface area (Å²) in [5, 5.41) is 14.5. The molecule has 138 valence electrons. The molecule has 0 amide bonds. The molecule has 2 atom stereocenters. The lowest BCUT2D eigenvalue weighted by Crippen LogP contribution is -2.53. The molecular formula is C21H30ClNO2. The fourth-order valence-corrected chi connectivity index (χ4v) is 5.95. The van der Waals surface area contributed by atoms with Crippen LogP contribution in [0.25, 0.3) is 0 Å². The molecule has 1 aromatic rings. The van der Waals surface area contributed by atoms with E-state index >= 15 is 0 Å². The quantitative estimate of drug-likeness (QED) is 0.757. The van der Waals surface area contributed by atoms with Crippen LogP contribution in [0.5, 0.6) is 0 Å². The van der Waals surface area contributed by atoms with Crippen molar-refractivity contribution in [3.05, 3.63) is 34.9 Å². The predicted molar refractivity (Wildman–Crippen MR) is 101 cm³/mol. The van der Waals surface area contributed by atoms with Gasteiger partial charge in [0.15, 0.2) is 0 Å². The molecule has 4 fully saturated rings. The SMILES string of the molecule is CC(NCC(O)COC12CC3CC(CC(C3)C1)C2)c1cccc(Cl)c1. The number of nitrogens with one attached hydrogen (secondary N) is 1. The largest absolute Gasteiger partial charge is 0.389 e. The first-order chi connectivity index (χ1) is 12.0. The Morgan fingerprint density at radius 1 is 1.20 bits per heavy atom. The van der Waals surface area contributed by atoms with E-state index in [0.29, 0.717) is 13.2 Å². The van der Waals surface area contributed by atoms with Crippen LogP contribution in [-0.2, 0) is 4.74 Å². The second kappa shape index (κ2) is 7.19. The molecule has 0 aromatic heterocycles. The number of rotatable bonds is 7. The van der Waals surface area contributed by atoms with Crippen LogP contribution in [0.2, 0.25) is 5.02 Å². The summed E-state index contributed by atoms with van der Waals surface area (Å²) in [4.78, 5) is 0. The van der Waals surface area contributed by atoms with Crippen molar-refractivity contribution in [2.75, 3.05) is 13.2 Å². The molecular weight excluding hydrogens is 334 g/mol. The molecule has 4 saturated carbocycles. The third-order valence-electron chi connectivity index (χ3n) is 6.57. The van der Waals surface area contributed by atoms with E-state index in [9.17, 15) is 5.11 Å². The van der Waals surface area contributed by atoms with Gasteiger partial charge in [0.1, 0.15) is 0 Å². The second-order valence-electron chi connectivity index (χ2n) is 8.75. The highest BCUT2D eigenvalue weighted by Crippen LogP contribution is 2.57. The van der Waals surface area contributed by atoms with Gasteiger partial charge >= 0.3 is 0 Å². The minimum absolute atomic E-state index is 0.0777. The van der Waals surface area contributed by atoms with Crippen molar-refractivity contribution in [1.29, 1.82) is 0 Å². The molecule has 1 aromatic carbocycles. The lowest BCUT2D eigenvalue weighted by Gasteiger charge is -2.56.